The first-order chi connectivity index (χ1) is 22.7. The molecule has 1 saturated carbocycles. The number of carbonyl (C=O) groups excluding carboxylic acids is 1. The number of hydrogen-bond donors (Lipinski definition) is 1. The predicted octanol–water partition coefficient (Wildman–Crippen LogP) is 8.88. The van der Waals surface area contributed by atoms with Crippen LogP contribution >= 0.6 is 11.6 Å². The van der Waals surface area contributed by atoms with Gasteiger partial charge in [-0.2, -0.15) is 0 Å². The monoisotopic (exact) mass is 658 g/mol. The van der Waals surface area contributed by atoms with Gasteiger partial charge in [0.05, 0.1) is 18.2 Å². The summed E-state index contributed by atoms with van der Waals surface area (Å²) in [6, 6.07) is 16.9. The van der Waals surface area contributed by atoms with Gasteiger partial charge in [-0.3, -0.25) is 9.69 Å². The van der Waals surface area contributed by atoms with E-state index in [1.165, 1.54) is 47.2 Å². The van der Waals surface area contributed by atoms with Crippen LogP contribution in [0.25, 0.3) is 11.1 Å². The Bertz CT molecular complexity index is 1570. The molecule has 0 spiro atoms. The molecule has 47 heavy (non-hydrogen) atoms. The smallest absolute Gasteiger partial charge is 0.142 e. The number of halogens is 1. The quantitative estimate of drug-likeness (QED) is 0.175. The van der Waals surface area contributed by atoms with Gasteiger partial charge in [0, 0.05) is 43.1 Å². The number of rotatable bonds is 14. The molecule has 0 unspecified atom stereocenters. The Morgan fingerprint density at radius 1 is 1.00 bits per heavy atom. The van der Waals surface area contributed by atoms with Crippen molar-refractivity contribution in [3.8, 4) is 28.4 Å². The van der Waals surface area contributed by atoms with Gasteiger partial charge in [-0.25, -0.2) is 0 Å². The molecule has 7 heteroatoms. The van der Waals surface area contributed by atoms with Gasteiger partial charge in [-0.1, -0.05) is 41.9 Å². The summed E-state index contributed by atoms with van der Waals surface area (Å²) < 4.78 is 19.0. The Labute approximate surface area is 286 Å². The Balaban J connectivity index is 1.13. The second-order valence-corrected chi connectivity index (χ2v) is 14.6. The molecule has 3 aliphatic rings. The minimum Gasteiger partial charge on any atom is -0.493 e. The van der Waals surface area contributed by atoms with Gasteiger partial charge >= 0.3 is 0 Å². The van der Waals surface area contributed by atoms with Gasteiger partial charge in [0.25, 0.3) is 0 Å². The van der Waals surface area contributed by atoms with E-state index in [0.717, 1.165) is 62.4 Å². The maximum absolute atomic E-state index is 11.7. The zero-order valence-corrected chi connectivity index (χ0v) is 29.4. The minimum absolute atomic E-state index is 0.0876. The molecule has 2 fully saturated rings. The molecule has 2 atom stereocenters. The molecule has 1 heterocycles. The van der Waals surface area contributed by atoms with Gasteiger partial charge in [-0.15, -0.1) is 0 Å². The average molecular weight is 659 g/mol. The third-order valence-corrected chi connectivity index (χ3v) is 10.8. The summed E-state index contributed by atoms with van der Waals surface area (Å²) in [5.41, 5.74) is 7.51. The lowest BCUT2D eigenvalue weighted by Gasteiger charge is -2.31. The Morgan fingerprint density at radius 2 is 1.83 bits per heavy atom. The first-order valence-corrected chi connectivity index (χ1v) is 18.0. The van der Waals surface area contributed by atoms with E-state index >= 15 is 0 Å². The molecule has 6 rings (SSSR count). The molecule has 0 bridgehead atoms. The molecule has 0 radical (unpaired) electrons. The van der Waals surface area contributed by atoms with E-state index < -0.39 is 0 Å². The van der Waals surface area contributed by atoms with E-state index in [-0.39, 0.29) is 6.10 Å². The predicted molar refractivity (Wildman–Crippen MR) is 190 cm³/mol. The van der Waals surface area contributed by atoms with Crippen LogP contribution in [0.2, 0.25) is 5.02 Å². The Morgan fingerprint density at radius 3 is 2.60 bits per heavy atom. The van der Waals surface area contributed by atoms with Crippen molar-refractivity contribution in [2.75, 3.05) is 32.8 Å². The highest BCUT2D eigenvalue weighted by atomic mass is 35.5. The number of ether oxygens (including phenoxy) is 3. The third-order valence-electron chi connectivity index (χ3n) is 10.5. The Hall–Kier alpha value is -3.06. The number of fused-ring (bicyclic) bond motifs is 1. The topological polar surface area (TPSA) is 60.0 Å². The molecule has 3 aromatic carbocycles. The summed E-state index contributed by atoms with van der Waals surface area (Å²) in [5, 5.41) is 4.10. The summed E-state index contributed by atoms with van der Waals surface area (Å²) in [5.74, 6) is 3.18. The molecule has 1 saturated heterocycles. The lowest BCUT2D eigenvalue weighted by molar-refractivity contribution is -0.117. The number of carbonyl (C=O) groups is 1. The fraction of sp³-hybridized carbons (Fsp3) is 0.525. The number of hydrogen-bond acceptors (Lipinski definition) is 6. The first-order valence-electron chi connectivity index (χ1n) is 17.7. The maximum Gasteiger partial charge on any atom is 0.142 e. The van der Waals surface area contributed by atoms with Crippen LogP contribution in [0.1, 0.15) is 94.1 Å². The summed E-state index contributed by atoms with van der Waals surface area (Å²) in [4.78, 5) is 14.3. The standard InChI is InChI=1S/C40H51ClN2O4/c1-5-45-38-24-39(35(41)23-29(38)26-42-25-28-14-15-30(44)22-28)47-37-17-16-33-32(11-6-12-34(33)37)31-10-7-13-36(27(31)2)46-21-9-20-43-19-8-18-40(43,3)4/h6-7,10-13,23-24,28,37,42H,5,8-9,14-22,25-26H2,1-4H3/t28-,37+/m1/s1. The van der Waals surface area contributed by atoms with Crippen molar-refractivity contribution in [3.05, 3.63) is 75.8 Å². The largest absolute Gasteiger partial charge is 0.493 e. The molecule has 1 N–H and O–H groups in total. The maximum atomic E-state index is 11.7. The van der Waals surface area contributed by atoms with E-state index in [1.807, 2.05) is 19.1 Å². The SMILES string of the molecule is CCOc1cc(O[C@H]2CCc3c(-c4cccc(OCCCN5CCCC5(C)C)c4C)cccc32)c(Cl)cc1CNC[C@@H]1CCC(=O)C1. The summed E-state index contributed by atoms with van der Waals surface area (Å²) in [6.07, 6.45) is 7.69. The molecule has 1 aliphatic heterocycles. The highest BCUT2D eigenvalue weighted by molar-refractivity contribution is 6.32. The van der Waals surface area contributed by atoms with Crippen LogP contribution in [0.5, 0.6) is 17.2 Å². The van der Waals surface area contributed by atoms with E-state index in [2.05, 4.69) is 67.4 Å². The number of Topliss-reactive ketones (excluding diaryl/α,β-unsaturated/α-hetero) is 1. The number of nitrogens with zero attached hydrogens (tertiary/aromatic N) is 1. The van der Waals surface area contributed by atoms with Crippen LogP contribution in [0.3, 0.4) is 0 Å². The minimum atomic E-state index is -0.0876. The molecule has 0 aromatic heterocycles. The number of ketones is 1. The summed E-state index contributed by atoms with van der Waals surface area (Å²) >= 11 is 6.83. The van der Waals surface area contributed by atoms with Gasteiger partial charge in [0.15, 0.2) is 0 Å². The van der Waals surface area contributed by atoms with E-state index in [0.29, 0.717) is 54.0 Å². The van der Waals surface area contributed by atoms with Crippen LogP contribution in [-0.4, -0.2) is 49.1 Å². The zero-order valence-electron chi connectivity index (χ0n) is 28.6. The van der Waals surface area contributed by atoms with Crippen LogP contribution in [0.4, 0.5) is 0 Å². The van der Waals surface area contributed by atoms with Crippen molar-refractivity contribution in [2.24, 2.45) is 5.92 Å². The van der Waals surface area contributed by atoms with Crippen molar-refractivity contribution in [1.82, 2.24) is 10.2 Å². The highest BCUT2D eigenvalue weighted by Gasteiger charge is 2.31. The van der Waals surface area contributed by atoms with E-state index in [4.69, 9.17) is 25.8 Å². The number of nitrogens with one attached hydrogen (secondary N) is 1. The van der Waals surface area contributed by atoms with E-state index in [1.54, 1.807) is 0 Å². The van der Waals surface area contributed by atoms with Crippen molar-refractivity contribution >= 4 is 17.4 Å². The van der Waals surface area contributed by atoms with Gasteiger partial charge in [0.1, 0.15) is 29.1 Å². The molecule has 0 amide bonds. The second-order valence-electron chi connectivity index (χ2n) is 14.2. The van der Waals surface area contributed by atoms with Crippen LogP contribution in [0, 0.1) is 12.8 Å². The van der Waals surface area contributed by atoms with E-state index in [9.17, 15) is 4.79 Å². The van der Waals surface area contributed by atoms with Crippen molar-refractivity contribution in [1.29, 1.82) is 0 Å². The highest BCUT2D eigenvalue weighted by Crippen LogP contribution is 2.44. The molecule has 2 aliphatic carbocycles. The molecule has 3 aromatic rings. The molecular formula is C40H51ClN2O4. The first kappa shape index (κ1) is 33.8. The van der Waals surface area contributed by atoms with Gasteiger partial charge in [-0.05, 0) is 125 Å². The molecule has 6 nitrogen and oxygen atoms in total. The number of benzene rings is 3. The lowest BCUT2D eigenvalue weighted by atomic mass is 9.93. The zero-order chi connectivity index (χ0) is 33.0. The van der Waals surface area contributed by atoms with Crippen LogP contribution in [0.15, 0.2) is 48.5 Å². The van der Waals surface area contributed by atoms with Crippen molar-refractivity contribution in [2.45, 2.75) is 97.2 Å². The normalized spacial score (nSPS) is 20.5. The Kier molecular flexibility index (Phi) is 10.8. The summed E-state index contributed by atoms with van der Waals surface area (Å²) in [7, 11) is 0. The van der Waals surface area contributed by atoms with Crippen LogP contribution < -0.4 is 19.5 Å². The van der Waals surface area contributed by atoms with Gasteiger partial charge in [0.2, 0.25) is 0 Å². The van der Waals surface area contributed by atoms with Crippen LogP contribution in [-0.2, 0) is 17.8 Å². The molecular weight excluding hydrogens is 608 g/mol. The fourth-order valence-corrected chi connectivity index (χ4v) is 8.02. The fourth-order valence-electron chi connectivity index (χ4n) is 7.79. The average Bonchev–Trinajstić information content (AvgIpc) is 3.76. The van der Waals surface area contributed by atoms with Gasteiger partial charge < -0.3 is 19.5 Å². The lowest BCUT2D eigenvalue weighted by Crippen LogP contribution is -2.39. The third kappa shape index (κ3) is 7.82. The van der Waals surface area contributed by atoms with Crippen molar-refractivity contribution in [3.63, 3.8) is 0 Å². The van der Waals surface area contributed by atoms with Crippen molar-refractivity contribution < 1.29 is 19.0 Å². The number of likely N-dealkylation sites (tertiary alicyclic amines) is 1. The second kappa shape index (κ2) is 15.0. The summed E-state index contributed by atoms with van der Waals surface area (Å²) in [6.45, 7) is 13.9. The molecule has 252 valence electrons.